The van der Waals surface area contributed by atoms with E-state index < -0.39 is 0 Å². The number of aryl methyl sites for hydroxylation is 1. The third-order valence-electron chi connectivity index (χ3n) is 4.58. The summed E-state index contributed by atoms with van der Waals surface area (Å²) in [6, 6.07) is 5.35. The first-order valence-electron chi connectivity index (χ1n) is 8.67. The SMILES string of the molecule is Cc1nc2cc(NC(=O)Nc3cnn(C4CCOCC4)c3C)ccc2o1. The fraction of sp³-hybridized carbons (Fsp3) is 0.389. The van der Waals surface area contributed by atoms with Crippen LogP contribution in [-0.4, -0.2) is 34.0 Å². The zero-order valence-electron chi connectivity index (χ0n) is 14.8. The average Bonchev–Trinajstić information content (AvgIpc) is 3.17. The summed E-state index contributed by atoms with van der Waals surface area (Å²) < 4.78 is 12.8. The van der Waals surface area contributed by atoms with Crippen molar-refractivity contribution in [1.29, 1.82) is 0 Å². The van der Waals surface area contributed by atoms with Gasteiger partial charge in [-0.25, -0.2) is 9.78 Å². The predicted octanol–water partition coefficient (Wildman–Crippen LogP) is 3.64. The van der Waals surface area contributed by atoms with Crippen LogP contribution in [0.25, 0.3) is 11.1 Å². The quantitative estimate of drug-likeness (QED) is 0.748. The van der Waals surface area contributed by atoms with Crippen molar-refractivity contribution in [2.24, 2.45) is 0 Å². The number of nitrogens with one attached hydrogen (secondary N) is 2. The first-order valence-corrected chi connectivity index (χ1v) is 8.67. The molecule has 2 N–H and O–H groups in total. The summed E-state index contributed by atoms with van der Waals surface area (Å²) in [6.45, 7) is 5.25. The van der Waals surface area contributed by atoms with E-state index in [1.54, 1.807) is 31.3 Å². The van der Waals surface area contributed by atoms with Crippen LogP contribution in [0, 0.1) is 13.8 Å². The third-order valence-corrected chi connectivity index (χ3v) is 4.58. The lowest BCUT2D eigenvalue weighted by Gasteiger charge is -2.23. The Bertz CT molecular complexity index is 940. The van der Waals surface area contributed by atoms with Crippen LogP contribution in [0.15, 0.2) is 28.8 Å². The van der Waals surface area contributed by atoms with Gasteiger partial charge >= 0.3 is 6.03 Å². The molecule has 3 heterocycles. The number of carbonyl (C=O) groups excluding carboxylic acids is 1. The molecule has 8 heteroatoms. The molecule has 8 nitrogen and oxygen atoms in total. The van der Waals surface area contributed by atoms with E-state index in [0.717, 1.165) is 31.7 Å². The topological polar surface area (TPSA) is 94.2 Å². The van der Waals surface area contributed by atoms with Gasteiger partial charge < -0.3 is 19.8 Å². The molecule has 136 valence electrons. The van der Waals surface area contributed by atoms with E-state index in [1.807, 2.05) is 11.6 Å². The van der Waals surface area contributed by atoms with Gasteiger partial charge in [-0.05, 0) is 38.0 Å². The number of anilines is 2. The molecular weight excluding hydrogens is 334 g/mol. The van der Waals surface area contributed by atoms with Crippen LogP contribution < -0.4 is 10.6 Å². The van der Waals surface area contributed by atoms with Gasteiger partial charge in [0.15, 0.2) is 11.5 Å². The molecule has 4 rings (SSSR count). The molecule has 0 bridgehead atoms. The highest BCUT2D eigenvalue weighted by molar-refractivity contribution is 6.00. The van der Waals surface area contributed by atoms with E-state index in [4.69, 9.17) is 9.15 Å². The highest BCUT2D eigenvalue weighted by atomic mass is 16.5. The van der Waals surface area contributed by atoms with Crippen LogP contribution in [0.4, 0.5) is 16.2 Å². The number of benzene rings is 1. The smallest absolute Gasteiger partial charge is 0.323 e. The number of nitrogens with zero attached hydrogens (tertiary/aromatic N) is 3. The van der Waals surface area contributed by atoms with Crippen LogP contribution >= 0.6 is 0 Å². The number of hydrogen-bond donors (Lipinski definition) is 2. The molecule has 0 aliphatic carbocycles. The van der Waals surface area contributed by atoms with Crippen molar-refractivity contribution >= 4 is 28.5 Å². The Kier molecular flexibility index (Phi) is 4.34. The van der Waals surface area contributed by atoms with Crippen molar-refractivity contribution in [1.82, 2.24) is 14.8 Å². The van der Waals surface area contributed by atoms with E-state index in [0.29, 0.717) is 34.4 Å². The standard InChI is InChI=1S/C18H21N5O3/c1-11-16(10-19-23(11)14-5-7-25-8-6-14)22-18(24)21-13-3-4-17-15(9-13)20-12(2)26-17/h3-4,9-10,14H,5-8H2,1-2H3,(H2,21,22,24). The van der Waals surface area contributed by atoms with Crippen LogP contribution in [0.1, 0.15) is 30.5 Å². The van der Waals surface area contributed by atoms with Crippen LogP contribution in [0.2, 0.25) is 0 Å². The van der Waals surface area contributed by atoms with E-state index >= 15 is 0 Å². The Morgan fingerprint density at radius 1 is 1.23 bits per heavy atom. The number of urea groups is 1. The second kappa shape index (κ2) is 6.80. The molecule has 1 fully saturated rings. The molecule has 1 aliphatic rings. The number of carbonyl (C=O) groups is 1. The third kappa shape index (κ3) is 3.28. The van der Waals surface area contributed by atoms with Gasteiger partial charge in [-0.3, -0.25) is 4.68 Å². The number of hydrogen-bond acceptors (Lipinski definition) is 5. The largest absolute Gasteiger partial charge is 0.441 e. The molecule has 0 saturated carbocycles. The second-order valence-corrected chi connectivity index (χ2v) is 6.43. The minimum Gasteiger partial charge on any atom is -0.441 e. The van der Waals surface area contributed by atoms with Gasteiger partial charge in [-0.15, -0.1) is 0 Å². The van der Waals surface area contributed by atoms with Gasteiger partial charge in [0.2, 0.25) is 0 Å². The molecule has 1 aromatic carbocycles. The highest BCUT2D eigenvalue weighted by Crippen LogP contribution is 2.25. The van der Waals surface area contributed by atoms with E-state index in [9.17, 15) is 4.79 Å². The maximum atomic E-state index is 12.3. The molecule has 1 aliphatic heterocycles. The van der Waals surface area contributed by atoms with Crippen molar-refractivity contribution in [2.45, 2.75) is 32.7 Å². The first-order chi connectivity index (χ1) is 12.6. The maximum absolute atomic E-state index is 12.3. The summed E-state index contributed by atoms with van der Waals surface area (Å²) in [5.74, 6) is 0.595. The molecule has 1 saturated heterocycles. The number of amides is 2. The van der Waals surface area contributed by atoms with Gasteiger partial charge in [-0.2, -0.15) is 5.10 Å². The lowest BCUT2D eigenvalue weighted by molar-refractivity contribution is 0.0657. The average molecular weight is 355 g/mol. The molecule has 0 atom stereocenters. The van der Waals surface area contributed by atoms with E-state index in [-0.39, 0.29) is 6.03 Å². The number of aromatic nitrogens is 3. The van der Waals surface area contributed by atoms with Crippen molar-refractivity contribution in [3.8, 4) is 0 Å². The van der Waals surface area contributed by atoms with E-state index in [2.05, 4.69) is 20.7 Å². The monoisotopic (exact) mass is 355 g/mol. The summed E-state index contributed by atoms with van der Waals surface area (Å²) in [5, 5.41) is 10.1. The Balaban J connectivity index is 1.44. The van der Waals surface area contributed by atoms with Crippen molar-refractivity contribution < 1.29 is 13.9 Å². The van der Waals surface area contributed by atoms with Crippen molar-refractivity contribution in [2.75, 3.05) is 23.8 Å². The molecular formula is C18H21N5O3. The molecule has 26 heavy (non-hydrogen) atoms. The fourth-order valence-corrected chi connectivity index (χ4v) is 3.25. The molecule has 0 unspecified atom stereocenters. The summed E-state index contributed by atoms with van der Waals surface area (Å²) in [7, 11) is 0. The van der Waals surface area contributed by atoms with E-state index in [1.165, 1.54) is 0 Å². The van der Waals surface area contributed by atoms with Gasteiger partial charge in [0.05, 0.1) is 23.6 Å². The Hall–Kier alpha value is -2.87. The number of ether oxygens (including phenoxy) is 1. The summed E-state index contributed by atoms with van der Waals surface area (Å²) in [5.41, 5.74) is 3.70. The molecule has 0 spiro atoms. The lowest BCUT2D eigenvalue weighted by atomic mass is 10.1. The van der Waals surface area contributed by atoms with Crippen molar-refractivity contribution in [3.05, 3.63) is 36.0 Å². The predicted molar refractivity (Wildman–Crippen MR) is 97.4 cm³/mol. The van der Waals surface area contributed by atoms with Gasteiger partial charge in [-0.1, -0.05) is 0 Å². The molecule has 2 aromatic heterocycles. The zero-order chi connectivity index (χ0) is 18.1. The Morgan fingerprint density at radius 2 is 2.04 bits per heavy atom. The first kappa shape index (κ1) is 16.6. The lowest BCUT2D eigenvalue weighted by Crippen LogP contribution is -2.22. The molecule has 3 aromatic rings. The molecule has 0 radical (unpaired) electrons. The van der Waals surface area contributed by atoms with Crippen molar-refractivity contribution in [3.63, 3.8) is 0 Å². The highest BCUT2D eigenvalue weighted by Gasteiger charge is 2.20. The minimum atomic E-state index is -0.320. The fourth-order valence-electron chi connectivity index (χ4n) is 3.25. The normalized spacial score (nSPS) is 15.3. The van der Waals surface area contributed by atoms with Crippen LogP contribution in [0.3, 0.4) is 0 Å². The van der Waals surface area contributed by atoms with Gasteiger partial charge in [0.25, 0.3) is 0 Å². The number of rotatable bonds is 3. The molecule has 2 amide bonds. The Labute approximate surface area is 150 Å². The Morgan fingerprint density at radius 3 is 2.85 bits per heavy atom. The summed E-state index contributed by atoms with van der Waals surface area (Å²) >= 11 is 0. The second-order valence-electron chi connectivity index (χ2n) is 6.43. The zero-order valence-corrected chi connectivity index (χ0v) is 14.8. The van der Waals surface area contributed by atoms with Crippen LogP contribution in [-0.2, 0) is 4.74 Å². The number of oxazole rings is 1. The van der Waals surface area contributed by atoms with Crippen LogP contribution in [0.5, 0.6) is 0 Å². The number of fused-ring (bicyclic) bond motifs is 1. The minimum absolute atomic E-state index is 0.320. The summed E-state index contributed by atoms with van der Waals surface area (Å²) in [4.78, 5) is 16.6. The maximum Gasteiger partial charge on any atom is 0.323 e. The van der Waals surface area contributed by atoms with Gasteiger partial charge in [0.1, 0.15) is 5.52 Å². The van der Waals surface area contributed by atoms with Gasteiger partial charge in [0, 0.05) is 25.8 Å². The summed E-state index contributed by atoms with van der Waals surface area (Å²) in [6.07, 6.45) is 3.56.